The highest BCUT2D eigenvalue weighted by Gasteiger charge is 2.33. The van der Waals surface area contributed by atoms with Crippen LogP contribution in [0.3, 0.4) is 0 Å². The zero-order valence-corrected chi connectivity index (χ0v) is 23.0. The van der Waals surface area contributed by atoms with E-state index in [0.29, 0.717) is 31.2 Å². The van der Waals surface area contributed by atoms with Crippen LogP contribution >= 0.6 is 15.9 Å². The molecule has 196 valence electrons. The van der Waals surface area contributed by atoms with Crippen molar-refractivity contribution in [1.29, 1.82) is 0 Å². The first-order valence-corrected chi connectivity index (χ1v) is 14.1. The van der Waals surface area contributed by atoms with Crippen LogP contribution < -0.4 is 0 Å². The van der Waals surface area contributed by atoms with Crippen molar-refractivity contribution >= 4 is 27.7 Å². The number of hydrogen-bond donors (Lipinski definition) is 0. The summed E-state index contributed by atoms with van der Waals surface area (Å²) in [5.74, 6) is 0.887. The van der Waals surface area contributed by atoms with Gasteiger partial charge in [-0.1, -0.05) is 72.6 Å². The fourth-order valence-electron chi connectivity index (χ4n) is 4.63. The van der Waals surface area contributed by atoms with E-state index >= 15 is 0 Å². The second-order valence-corrected chi connectivity index (χ2v) is 10.4. The van der Waals surface area contributed by atoms with E-state index in [-0.39, 0.29) is 24.4 Å². The Bertz CT molecular complexity index is 975. The molecule has 2 aromatic rings. The molecule has 1 aliphatic rings. The summed E-state index contributed by atoms with van der Waals surface area (Å²) in [5.41, 5.74) is 0.856. The average Bonchev–Trinajstić information content (AvgIpc) is 3.38. The molecule has 1 aromatic carbocycles. The van der Waals surface area contributed by atoms with Crippen LogP contribution in [0.4, 0.5) is 0 Å². The molecule has 1 aliphatic heterocycles. The number of likely N-dealkylation sites (tertiary alicyclic amines) is 1. The van der Waals surface area contributed by atoms with E-state index in [9.17, 15) is 9.59 Å². The van der Waals surface area contributed by atoms with Crippen LogP contribution in [0.1, 0.15) is 89.5 Å². The van der Waals surface area contributed by atoms with Crippen LogP contribution in [-0.2, 0) is 9.59 Å². The summed E-state index contributed by atoms with van der Waals surface area (Å²) in [7, 11) is 0. The number of unbranched alkanes of at least 4 members (excludes halogenated alkanes) is 6. The molecule has 0 bridgehead atoms. The lowest BCUT2D eigenvalue weighted by Gasteiger charge is -2.35. The lowest BCUT2D eigenvalue weighted by atomic mass is 10.0. The number of carbonyl (C=O) groups excluding carboxylic acids is 2. The highest BCUT2D eigenvalue weighted by Crippen LogP contribution is 2.31. The minimum Gasteiger partial charge on any atom is -0.337 e. The molecule has 1 fully saturated rings. The lowest BCUT2D eigenvalue weighted by molar-refractivity contribution is -0.143. The first-order valence-electron chi connectivity index (χ1n) is 13.3. The first-order chi connectivity index (χ1) is 17.5. The van der Waals surface area contributed by atoms with Gasteiger partial charge in [0.2, 0.25) is 23.5 Å². The molecular formula is C28H39BrN4O3. The van der Waals surface area contributed by atoms with Gasteiger partial charge in [-0.25, -0.2) is 0 Å². The van der Waals surface area contributed by atoms with E-state index in [2.05, 4.69) is 39.6 Å². The number of hydrogen-bond acceptors (Lipinski definition) is 5. The Morgan fingerprint density at radius 1 is 1.14 bits per heavy atom. The molecule has 1 unspecified atom stereocenters. The van der Waals surface area contributed by atoms with Gasteiger partial charge in [-0.05, 0) is 49.9 Å². The quantitative estimate of drug-likeness (QED) is 0.190. The molecular weight excluding hydrogens is 520 g/mol. The van der Waals surface area contributed by atoms with Gasteiger partial charge in [0.05, 0.1) is 0 Å². The Balaban J connectivity index is 1.58. The van der Waals surface area contributed by atoms with E-state index in [1.807, 2.05) is 24.3 Å². The number of carbonyl (C=O) groups is 2. The average molecular weight is 560 g/mol. The van der Waals surface area contributed by atoms with Gasteiger partial charge in [-0.2, -0.15) is 4.98 Å². The van der Waals surface area contributed by atoms with E-state index in [1.54, 1.807) is 15.9 Å². The molecule has 0 radical (unpaired) electrons. The fourth-order valence-corrected chi connectivity index (χ4v) is 4.89. The maximum Gasteiger partial charge on any atom is 0.249 e. The van der Waals surface area contributed by atoms with Crippen LogP contribution in [0.2, 0.25) is 0 Å². The highest BCUT2D eigenvalue weighted by atomic mass is 79.9. The maximum atomic E-state index is 13.4. The Morgan fingerprint density at radius 3 is 2.58 bits per heavy atom. The van der Waals surface area contributed by atoms with Crippen molar-refractivity contribution in [2.24, 2.45) is 0 Å². The number of benzene rings is 1. The summed E-state index contributed by atoms with van der Waals surface area (Å²) >= 11 is 3.44. The van der Waals surface area contributed by atoms with Crippen molar-refractivity contribution < 1.29 is 14.1 Å². The Hall–Kier alpha value is -2.48. The molecule has 2 amide bonds. The van der Waals surface area contributed by atoms with Gasteiger partial charge in [-0.15, -0.1) is 6.58 Å². The van der Waals surface area contributed by atoms with Crippen LogP contribution in [0.25, 0.3) is 11.4 Å². The van der Waals surface area contributed by atoms with Crippen LogP contribution in [0.5, 0.6) is 0 Å². The molecule has 1 saturated heterocycles. The van der Waals surface area contributed by atoms with Crippen molar-refractivity contribution in [2.75, 3.05) is 19.6 Å². The van der Waals surface area contributed by atoms with Gasteiger partial charge in [-0.3, -0.25) is 9.59 Å². The number of amides is 2. The molecule has 1 atom stereocenters. The van der Waals surface area contributed by atoms with Crippen molar-refractivity contribution in [3.8, 4) is 11.4 Å². The lowest BCUT2D eigenvalue weighted by Crippen LogP contribution is -2.46. The van der Waals surface area contributed by atoms with Crippen LogP contribution in [-0.4, -0.2) is 51.4 Å². The topological polar surface area (TPSA) is 79.5 Å². The smallest absolute Gasteiger partial charge is 0.249 e. The van der Waals surface area contributed by atoms with Crippen molar-refractivity contribution in [3.05, 3.63) is 47.3 Å². The standard InChI is InChI=1S/C28H39BrN4O3/c1-3-5-6-7-8-9-10-14-25(34)32(19-4-2)21-26(35)33-20-12-11-13-24(33)28-30-27(31-36-28)22-15-17-23(29)18-16-22/h4,15-18,24H,2-3,5-14,19-21H2,1H3. The van der Waals surface area contributed by atoms with E-state index < -0.39 is 0 Å². The van der Waals surface area contributed by atoms with Gasteiger partial charge < -0.3 is 14.3 Å². The van der Waals surface area contributed by atoms with Gasteiger partial charge in [0, 0.05) is 29.5 Å². The van der Waals surface area contributed by atoms with Gasteiger partial charge in [0.15, 0.2) is 0 Å². The molecule has 7 nitrogen and oxygen atoms in total. The molecule has 0 aliphatic carbocycles. The fraction of sp³-hybridized carbons (Fsp3) is 0.571. The highest BCUT2D eigenvalue weighted by molar-refractivity contribution is 9.10. The van der Waals surface area contributed by atoms with E-state index in [1.165, 1.54) is 25.7 Å². The largest absolute Gasteiger partial charge is 0.337 e. The zero-order chi connectivity index (χ0) is 25.8. The van der Waals surface area contributed by atoms with E-state index in [4.69, 9.17) is 4.52 Å². The summed E-state index contributed by atoms with van der Waals surface area (Å²) in [4.78, 5) is 34.3. The second-order valence-electron chi connectivity index (χ2n) is 9.50. The summed E-state index contributed by atoms with van der Waals surface area (Å²) in [5, 5.41) is 4.15. The molecule has 0 spiro atoms. The molecule has 0 saturated carbocycles. The van der Waals surface area contributed by atoms with Gasteiger partial charge in [0.1, 0.15) is 12.6 Å². The molecule has 0 N–H and O–H groups in total. The first kappa shape index (κ1) is 28.1. The third-order valence-electron chi connectivity index (χ3n) is 6.67. The summed E-state index contributed by atoms with van der Waals surface area (Å²) < 4.78 is 6.58. The number of aromatic nitrogens is 2. The SMILES string of the molecule is C=CCN(CC(=O)N1CCCCC1c1nc(-c2ccc(Br)cc2)no1)C(=O)CCCCCCCCC. The molecule has 1 aromatic heterocycles. The number of halogens is 1. The molecule has 8 heteroatoms. The summed E-state index contributed by atoms with van der Waals surface area (Å²) in [6, 6.07) is 7.43. The number of nitrogens with zero attached hydrogens (tertiary/aromatic N) is 4. The monoisotopic (exact) mass is 558 g/mol. The van der Waals surface area contributed by atoms with Crippen LogP contribution in [0.15, 0.2) is 45.9 Å². The third-order valence-corrected chi connectivity index (χ3v) is 7.20. The Morgan fingerprint density at radius 2 is 1.86 bits per heavy atom. The second kappa shape index (κ2) is 14.9. The van der Waals surface area contributed by atoms with Crippen molar-refractivity contribution in [3.63, 3.8) is 0 Å². The number of rotatable bonds is 14. The maximum absolute atomic E-state index is 13.4. The Labute approximate surface area is 223 Å². The predicted octanol–water partition coefficient (Wildman–Crippen LogP) is 6.71. The molecule has 2 heterocycles. The van der Waals surface area contributed by atoms with Gasteiger partial charge in [0.25, 0.3) is 0 Å². The molecule has 36 heavy (non-hydrogen) atoms. The minimum absolute atomic E-state index is 0.0145. The van der Waals surface area contributed by atoms with Gasteiger partial charge >= 0.3 is 0 Å². The summed E-state index contributed by atoms with van der Waals surface area (Å²) in [6.07, 6.45) is 12.9. The van der Waals surface area contributed by atoms with E-state index in [0.717, 1.165) is 48.6 Å². The number of piperidine rings is 1. The zero-order valence-electron chi connectivity index (χ0n) is 21.5. The molecule has 3 rings (SSSR count). The normalized spacial score (nSPS) is 15.6. The van der Waals surface area contributed by atoms with Crippen LogP contribution in [0, 0.1) is 0 Å². The Kier molecular flexibility index (Phi) is 11.7. The van der Waals surface area contributed by atoms with Crippen molar-refractivity contribution in [2.45, 2.75) is 83.6 Å². The third kappa shape index (κ3) is 8.29. The minimum atomic E-state index is -0.272. The predicted molar refractivity (Wildman–Crippen MR) is 145 cm³/mol. The van der Waals surface area contributed by atoms with Crippen molar-refractivity contribution in [1.82, 2.24) is 19.9 Å². The summed E-state index contributed by atoms with van der Waals surface area (Å²) in [6.45, 7) is 7.03.